The summed E-state index contributed by atoms with van der Waals surface area (Å²) in [5.41, 5.74) is 2.42. The van der Waals surface area contributed by atoms with E-state index in [-0.39, 0.29) is 11.1 Å². The Hall–Kier alpha value is -2.56. The van der Waals surface area contributed by atoms with Gasteiger partial charge in [0.15, 0.2) is 0 Å². The number of benzene rings is 1. The number of rotatable bonds is 7. The van der Waals surface area contributed by atoms with E-state index in [1.807, 2.05) is 35.2 Å². The normalized spacial score (nSPS) is 13.1. The van der Waals surface area contributed by atoms with Crippen LogP contribution in [0.2, 0.25) is 0 Å². The molecule has 1 aliphatic rings. The molecule has 0 spiro atoms. The van der Waals surface area contributed by atoms with Gasteiger partial charge < -0.3 is 10.2 Å². The molecule has 0 radical (unpaired) electrons. The number of hydrogen-bond acceptors (Lipinski definition) is 5. The summed E-state index contributed by atoms with van der Waals surface area (Å²) < 4.78 is 0. The zero-order valence-electron chi connectivity index (χ0n) is 17.0. The Labute approximate surface area is 185 Å². The Morgan fingerprint density at radius 2 is 2.10 bits per heavy atom. The van der Waals surface area contributed by atoms with Crippen LogP contribution in [0.1, 0.15) is 47.8 Å². The van der Waals surface area contributed by atoms with Crippen molar-refractivity contribution in [1.82, 2.24) is 4.90 Å². The third-order valence-corrected chi connectivity index (χ3v) is 6.99. The van der Waals surface area contributed by atoms with Gasteiger partial charge in [0.05, 0.1) is 12.1 Å². The number of nitrogens with one attached hydrogen (secondary N) is 1. The summed E-state index contributed by atoms with van der Waals surface area (Å²) in [7, 11) is 0. The van der Waals surface area contributed by atoms with Gasteiger partial charge in [0.1, 0.15) is 11.1 Å². The molecule has 2 heterocycles. The lowest BCUT2D eigenvalue weighted by Gasteiger charge is -2.26. The number of carbonyl (C=O) groups excluding carboxylic acids is 2. The standard InChI is InChI=1S/C23H25N3O2S2/c1-2-3-7-14-29-23(28)26-13-12-18-19(15-24)22(30-20(18)16-26)25-21(27)11-10-17-8-5-4-6-9-17/h4-6,8-11H,2-3,7,12-14,16H2,1H3,(H,25,27)/b11-10+. The quantitative estimate of drug-likeness (QED) is 0.445. The zero-order valence-corrected chi connectivity index (χ0v) is 18.7. The SMILES string of the molecule is CCCCCSC(=O)N1CCc2c(sc(NC(=O)/C=C/c3ccccc3)c2C#N)C1. The number of thiophene rings is 1. The fraction of sp³-hybridized carbons (Fsp3) is 0.348. The third kappa shape index (κ3) is 5.74. The molecule has 1 aliphatic heterocycles. The Morgan fingerprint density at radius 1 is 1.30 bits per heavy atom. The van der Waals surface area contributed by atoms with E-state index in [1.165, 1.54) is 29.2 Å². The molecule has 1 N–H and O–H groups in total. The first-order valence-electron chi connectivity index (χ1n) is 10.1. The van der Waals surface area contributed by atoms with Crippen LogP contribution < -0.4 is 5.32 Å². The van der Waals surface area contributed by atoms with Crippen LogP contribution in [-0.4, -0.2) is 28.3 Å². The van der Waals surface area contributed by atoms with Gasteiger partial charge >= 0.3 is 0 Å². The molecule has 3 rings (SSSR count). The maximum absolute atomic E-state index is 12.5. The van der Waals surface area contributed by atoms with E-state index >= 15 is 0 Å². The molecule has 1 aromatic heterocycles. The van der Waals surface area contributed by atoms with Crippen molar-refractivity contribution in [2.75, 3.05) is 17.6 Å². The van der Waals surface area contributed by atoms with Gasteiger partial charge in [0.2, 0.25) is 5.91 Å². The molecule has 2 amide bonds. The van der Waals surface area contributed by atoms with Gasteiger partial charge in [-0.3, -0.25) is 9.59 Å². The molecule has 0 unspecified atom stereocenters. The Kier molecular flexibility index (Phi) is 8.12. The molecule has 1 aromatic carbocycles. The van der Waals surface area contributed by atoms with Crippen LogP contribution in [0.25, 0.3) is 6.08 Å². The number of anilines is 1. The zero-order chi connectivity index (χ0) is 21.3. The van der Waals surface area contributed by atoms with Crippen molar-refractivity contribution >= 4 is 45.3 Å². The number of amides is 2. The molecule has 0 aliphatic carbocycles. The molecule has 5 nitrogen and oxygen atoms in total. The van der Waals surface area contributed by atoms with E-state index in [0.29, 0.717) is 30.1 Å². The largest absolute Gasteiger partial charge is 0.328 e. The fourth-order valence-electron chi connectivity index (χ4n) is 3.26. The van der Waals surface area contributed by atoms with Crippen molar-refractivity contribution in [1.29, 1.82) is 5.26 Å². The van der Waals surface area contributed by atoms with Crippen LogP contribution in [0.4, 0.5) is 9.80 Å². The summed E-state index contributed by atoms with van der Waals surface area (Å²) in [6.45, 7) is 3.26. The van der Waals surface area contributed by atoms with E-state index in [1.54, 1.807) is 6.08 Å². The minimum atomic E-state index is -0.270. The van der Waals surface area contributed by atoms with Crippen molar-refractivity contribution in [2.45, 2.75) is 39.2 Å². The number of thioether (sulfide) groups is 1. The van der Waals surface area contributed by atoms with Crippen molar-refractivity contribution in [2.24, 2.45) is 0 Å². The molecule has 0 saturated carbocycles. The number of carbonyl (C=O) groups is 2. The lowest BCUT2D eigenvalue weighted by Crippen LogP contribution is -2.33. The van der Waals surface area contributed by atoms with Crippen LogP contribution in [0, 0.1) is 11.3 Å². The monoisotopic (exact) mass is 439 g/mol. The number of nitrogens with zero attached hydrogens (tertiary/aromatic N) is 2. The van der Waals surface area contributed by atoms with Gasteiger partial charge in [-0.15, -0.1) is 11.3 Å². The molecular weight excluding hydrogens is 414 g/mol. The number of unbranched alkanes of at least 4 members (excludes halogenated alkanes) is 2. The van der Waals surface area contributed by atoms with E-state index in [0.717, 1.165) is 41.0 Å². The summed E-state index contributed by atoms with van der Waals surface area (Å²) in [5, 5.41) is 13.1. The van der Waals surface area contributed by atoms with Crippen molar-refractivity contribution < 1.29 is 9.59 Å². The highest BCUT2D eigenvalue weighted by molar-refractivity contribution is 8.13. The Morgan fingerprint density at radius 3 is 2.83 bits per heavy atom. The topological polar surface area (TPSA) is 73.2 Å². The number of nitriles is 1. The molecule has 0 fully saturated rings. The minimum Gasteiger partial charge on any atom is -0.328 e. The van der Waals surface area contributed by atoms with Gasteiger partial charge in [0, 0.05) is 23.3 Å². The molecule has 30 heavy (non-hydrogen) atoms. The molecule has 156 valence electrons. The Balaban J connectivity index is 1.64. The molecule has 7 heteroatoms. The first kappa shape index (κ1) is 22.1. The summed E-state index contributed by atoms with van der Waals surface area (Å²) in [6, 6.07) is 11.8. The maximum Gasteiger partial charge on any atom is 0.281 e. The van der Waals surface area contributed by atoms with Gasteiger partial charge in [-0.1, -0.05) is 61.9 Å². The highest BCUT2D eigenvalue weighted by atomic mass is 32.2. The summed E-state index contributed by atoms with van der Waals surface area (Å²) >= 11 is 2.78. The maximum atomic E-state index is 12.5. The second kappa shape index (κ2) is 11.0. The molecule has 0 saturated heterocycles. The van der Waals surface area contributed by atoms with Gasteiger partial charge in [-0.05, 0) is 30.0 Å². The number of fused-ring (bicyclic) bond motifs is 1. The van der Waals surface area contributed by atoms with Crippen LogP contribution in [0.15, 0.2) is 36.4 Å². The van der Waals surface area contributed by atoms with E-state index in [9.17, 15) is 14.9 Å². The van der Waals surface area contributed by atoms with Gasteiger partial charge in [0.25, 0.3) is 5.24 Å². The van der Waals surface area contributed by atoms with Crippen LogP contribution in [0.5, 0.6) is 0 Å². The van der Waals surface area contributed by atoms with E-state index in [4.69, 9.17) is 0 Å². The smallest absolute Gasteiger partial charge is 0.281 e. The third-order valence-electron chi connectivity index (χ3n) is 4.86. The van der Waals surface area contributed by atoms with E-state index < -0.39 is 0 Å². The summed E-state index contributed by atoms with van der Waals surface area (Å²) in [6.07, 6.45) is 7.19. The molecule has 0 atom stereocenters. The highest BCUT2D eigenvalue weighted by Gasteiger charge is 2.27. The predicted octanol–water partition coefficient (Wildman–Crippen LogP) is 5.67. The van der Waals surface area contributed by atoms with Crippen molar-refractivity contribution in [3.8, 4) is 6.07 Å². The van der Waals surface area contributed by atoms with Crippen LogP contribution in [-0.2, 0) is 17.8 Å². The number of hydrogen-bond donors (Lipinski definition) is 1. The predicted molar refractivity (Wildman–Crippen MR) is 125 cm³/mol. The Bertz CT molecular complexity index is 961. The fourth-order valence-corrected chi connectivity index (χ4v) is 5.34. The molecular formula is C23H25N3O2S2. The average molecular weight is 440 g/mol. The van der Waals surface area contributed by atoms with Crippen molar-refractivity contribution in [3.05, 3.63) is 58.0 Å². The van der Waals surface area contributed by atoms with Crippen LogP contribution in [0.3, 0.4) is 0 Å². The first-order valence-corrected chi connectivity index (χ1v) is 11.9. The van der Waals surface area contributed by atoms with Crippen molar-refractivity contribution in [3.63, 3.8) is 0 Å². The average Bonchev–Trinajstić information content (AvgIpc) is 3.11. The minimum absolute atomic E-state index is 0.0973. The first-order chi connectivity index (χ1) is 14.6. The van der Waals surface area contributed by atoms with Crippen LogP contribution >= 0.6 is 23.1 Å². The lowest BCUT2D eigenvalue weighted by atomic mass is 10.0. The second-order valence-electron chi connectivity index (χ2n) is 7.05. The van der Waals surface area contributed by atoms with E-state index in [2.05, 4.69) is 18.3 Å². The highest BCUT2D eigenvalue weighted by Crippen LogP contribution is 2.37. The molecule has 2 aromatic rings. The summed E-state index contributed by atoms with van der Waals surface area (Å²) in [4.78, 5) is 27.7. The lowest BCUT2D eigenvalue weighted by molar-refractivity contribution is -0.111. The van der Waals surface area contributed by atoms with Gasteiger partial charge in [-0.25, -0.2) is 0 Å². The molecule has 0 bridgehead atoms. The summed E-state index contributed by atoms with van der Waals surface area (Å²) in [5.74, 6) is 0.576. The second-order valence-corrected chi connectivity index (χ2v) is 9.20. The van der Waals surface area contributed by atoms with Gasteiger partial charge in [-0.2, -0.15) is 5.26 Å².